The highest BCUT2D eigenvalue weighted by Gasteiger charge is 2.59. The van der Waals surface area contributed by atoms with Crippen molar-refractivity contribution in [1.29, 1.82) is 0 Å². The first kappa shape index (κ1) is 23.6. The summed E-state index contributed by atoms with van der Waals surface area (Å²) in [7, 11) is 0. The van der Waals surface area contributed by atoms with E-state index in [1.165, 1.54) is 6.07 Å². The van der Waals surface area contributed by atoms with Crippen molar-refractivity contribution < 1.29 is 35.5 Å². The quantitative estimate of drug-likeness (QED) is 0.328. The molecule has 3 rings (SSSR count). The summed E-state index contributed by atoms with van der Waals surface area (Å²) in [5, 5.41) is 0. The Morgan fingerprint density at radius 1 is 0.812 bits per heavy atom. The fourth-order valence-electron chi connectivity index (χ4n) is 3.29. The second-order valence-corrected chi connectivity index (χ2v) is 7.18. The van der Waals surface area contributed by atoms with E-state index in [-0.39, 0.29) is 5.56 Å². The Balaban J connectivity index is 2.12. The number of alkyl halides is 6. The maximum atomic E-state index is 15.4. The molecule has 3 aromatic rings. The largest absolute Gasteiger partial charge is 0.439 e. The van der Waals surface area contributed by atoms with Crippen molar-refractivity contribution in [2.75, 3.05) is 0 Å². The molecule has 32 heavy (non-hydrogen) atoms. The van der Waals surface area contributed by atoms with Crippen molar-refractivity contribution in [3.05, 3.63) is 78.1 Å². The Bertz CT molecular complexity index is 1040. The topological polar surface area (TPSA) is 9.23 Å². The molecule has 0 aliphatic heterocycles. The van der Waals surface area contributed by atoms with E-state index >= 15 is 4.39 Å². The summed E-state index contributed by atoms with van der Waals surface area (Å²) >= 11 is 0. The van der Waals surface area contributed by atoms with E-state index in [9.17, 15) is 26.3 Å². The van der Waals surface area contributed by atoms with Crippen LogP contribution in [0.1, 0.15) is 18.9 Å². The Morgan fingerprint density at radius 2 is 1.44 bits per heavy atom. The average Bonchev–Trinajstić information content (AvgIpc) is 2.75. The number of aryl methyl sites for hydroxylation is 1. The number of rotatable bonds is 7. The van der Waals surface area contributed by atoms with Gasteiger partial charge in [0.2, 0.25) is 0 Å². The lowest BCUT2D eigenvalue weighted by molar-refractivity contribution is -0.305. The molecule has 0 saturated heterocycles. The molecule has 0 aromatic heterocycles. The fraction of sp³-hybridized carbons (Fsp3) is 0.250. The van der Waals surface area contributed by atoms with Crippen molar-refractivity contribution in [3.8, 4) is 28.0 Å². The summed E-state index contributed by atoms with van der Waals surface area (Å²) in [6.07, 6.45) is -14.1. The summed E-state index contributed by atoms with van der Waals surface area (Å²) in [4.78, 5) is 0. The molecule has 0 amide bonds. The van der Waals surface area contributed by atoms with E-state index in [1.807, 2.05) is 6.92 Å². The number of hydrogen-bond donors (Lipinski definition) is 0. The third kappa shape index (κ3) is 5.06. The second-order valence-electron chi connectivity index (χ2n) is 7.18. The van der Waals surface area contributed by atoms with Gasteiger partial charge in [-0.15, -0.1) is 0 Å². The van der Waals surface area contributed by atoms with Gasteiger partial charge in [-0.05, 0) is 40.8 Å². The monoisotopic (exact) mass is 456 g/mol. The van der Waals surface area contributed by atoms with Gasteiger partial charge in [-0.25, -0.2) is 8.78 Å². The molecule has 0 aliphatic carbocycles. The molecule has 0 heterocycles. The van der Waals surface area contributed by atoms with E-state index in [1.54, 1.807) is 54.6 Å². The summed E-state index contributed by atoms with van der Waals surface area (Å²) in [5.41, 5.74) is 2.01. The van der Waals surface area contributed by atoms with Crippen LogP contribution < -0.4 is 4.74 Å². The second kappa shape index (κ2) is 9.22. The molecule has 0 spiro atoms. The molecule has 0 saturated carbocycles. The zero-order valence-corrected chi connectivity index (χ0v) is 16.9. The molecule has 0 aliphatic rings. The van der Waals surface area contributed by atoms with Crippen LogP contribution in [-0.2, 0) is 6.42 Å². The van der Waals surface area contributed by atoms with Crippen LogP contribution in [-0.4, -0.2) is 18.5 Å². The molecule has 1 nitrogen and oxygen atoms in total. The SMILES string of the molecule is CCCc1ccc(-c2c(-c3ccccc3)ccc(OC(F)(F)C(F)C(F)(F)F)c2F)cc1. The van der Waals surface area contributed by atoms with Crippen molar-refractivity contribution in [1.82, 2.24) is 0 Å². The minimum Gasteiger partial charge on any atom is -0.427 e. The first-order chi connectivity index (χ1) is 15.0. The van der Waals surface area contributed by atoms with E-state index in [4.69, 9.17) is 0 Å². The normalized spacial score (nSPS) is 13.1. The predicted octanol–water partition coefficient (Wildman–Crippen LogP) is 7.98. The minimum atomic E-state index is -5.87. The van der Waals surface area contributed by atoms with Gasteiger partial charge >= 0.3 is 12.3 Å². The molecular weight excluding hydrogens is 437 g/mol. The molecule has 8 heteroatoms. The average molecular weight is 456 g/mol. The molecule has 1 unspecified atom stereocenters. The highest BCUT2D eigenvalue weighted by molar-refractivity contribution is 5.85. The van der Waals surface area contributed by atoms with Crippen LogP contribution in [0.25, 0.3) is 22.3 Å². The molecule has 3 aromatic carbocycles. The van der Waals surface area contributed by atoms with Crippen LogP contribution in [0, 0.1) is 5.82 Å². The highest BCUT2D eigenvalue weighted by Crippen LogP contribution is 2.42. The lowest BCUT2D eigenvalue weighted by Gasteiger charge is -2.24. The maximum Gasteiger partial charge on any atom is 0.439 e. The third-order valence-electron chi connectivity index (χ3n) is 4.80. The summed E-state index contributed by atoms with van der Waals surface area (Å²) in [5.74, 6) is -2.50. The molecule has 0 radical (unpaired) electrons. The Hall–Kier alpha value is -3.03. The van der Waals surface area contributed by atoms with Crippen molar-refractivity contribution in [2.24, 2.45) is 0 Å². The number of ether oxygens (including phenoxy) is 1. The van der Waals surface area contributed by atoms with Crippen LogP contribution in [0.15, 0.2) is 66.7 Å². The van der Waals surface area contributed by atoms with E-state index < -0.39 is 30.0 Å². The van der Waals surface area contributed by atoms with Crippen LogP contribution in [0.4, 0.5) is 30.7 Å². The molecule has 1 atom stereocenters. The Kier molecular flexibility index (Phi) is 6.81. The standard InChI is InChI=1S/C24H19F7O/c1-2-6-15-9-11-17(12-10-15)20-18(16-7-4-3-5-8-16)13-14-19(21(20)25)32-24(30,31)22(26)23(27,28)29/h3-5,7-14,22H,2,6H2,1H3. The summed E-state index contributed by atoms with van der Waals surface area (Å²) < 4.78 is 97.5. The lowest BCUT2D eigenvalue weighted by atomic mass is 9.93. The smallest absolute Gasteiger partial charge is 0.427 e. The molecule has 0 fully saturated rings. The number of benzene rings is 3. The lowest BCUT2D eigenvalue weighted by Crippen LogP contribution is -2.45. The summed E-state index contributed by atoms with van der Waals surface area (Å²) in [6, 6.07) is 17.1. The van der Waals surface area contributed by atoms with Crippen LogP contribution in [0.3, 0.4) is 0 Å². The first-order valence-electron chi connectivity index (χ1n) is 9.79. The molecule has 0 bridgehead atoms. The Morgan fingerprint density at radius 3 is 2.00 bits per heavy atom. The van der Waals surface area contributed by atoms with E-state index in [0.717, 1.165) is 24.5 Å². The molecule has 0 N–H and O–H groups in total. The predicted molar refractivity (Wildman–Crippen MR) is 108 cm³/mol. The zero-order chi connectivity index (χ0) is 23.5. The van der Waals surface area contributed by atoms with Gasteiger partial charge in [-0.3, -0.25) is 0 Å². The van der Waals surface area contributed by atoms with Gasteiger partial charge in [0.1, 0.15) is 0 Å². The van der Waals surface area contributed by atoms with Gasteiger partial charge in [0.15, 0.2) is 11.6 Å². The number of hydrogen-bond acceptors (Lipinski definition) is 1. The van der Waals surface area contributed by atoms with Crippen LogP contribution in [0.5, 0.6) is 5.75 Å². The molecule has 170 valence electrons. The molecular formula is C24H19F7O. The van der Waals surface area contributed by atoms with Crippen LogP contribution >= 0.6 is 0 Å². The Labute approximate surface area is 180 Å². The van der Waals surface area contributed by atoms with Crippen LogP contribution in [0.2, 0.25) is 0 Å². The van der Waals surface area contributed by atoms with Gasteiger partial charge in [0.25, 0.3) is 6.17 Å². The third-order valence-corrected chi connectivity index (χ3v) is 4.80. The van der Waals surface area contributed by atoms with Gasteiger partial charge < -0.3 is 4.74 Å². The minimum absolute atomic E-state index is 0.144. The highest BCUT2D eigenvalue weighted by atomic mass is 19.4. The zero-order valence-electron chi connectivity index (χ0n) is 16.9. The van der Waals surface area contributed by atoms with Gasteiger partial charge in [0, 0.05) is 5.56 Å². The van der Waals surface area contributed by atoms with Crippen molar-refractivity contribution in [2.45, 2.75) is 38.2 Å². The maximum absolute atomic E-state index is 15.4. The van der Waals surface area contributed by atoms with Gasteiger partial charge in [0.05, 0.1) is 0 Å². The van der Waals surface area contributed by atoms with Gasteiger partial charge in [-0.2, -0.15) is 22.0 Å². The summed E-state index contributed by atoms with van der Waals surface area (Å²) in [6.45, 7) is 1.99. The fourth-order valence-corrected chi connectivity index (χ4v) is 3.29. The van der Waals surface area contributed by atoms with Crippen molar-refractivity contribution >= 4 is 0 Å². The first-order valence-corrected chi connectivity index (χ1v) is 9.79. The van der Waals surface area contributed by atoms with E-state index in [2.05, 4.69) is 4.74 Å². The van der Waals surface area contributed by atoms with Crippen molar-refractivity contribution in [3.63, 3.8) is 0 Å². The van der Waals surface area contributed by atoms with E-state index in [0.29, 0.717) is 16.7 Å². The van der Waals surface area contributed by atoms with Gasteiger partial charge in [-0.1, -0.05) is 67.9 Å². The number of halogens is 7.